The molecule has 1 aliphatic heterocycles. The summed E-state index contributed by atoms with van der Waals surface area (Å²) in [5.41, 5.74) is 0.329. The number of hydrogen-bond donors (Lipinski definition) is 1. The summed E-state index contributed by atoms with van der Waals surface area (Å²) in [5, 5.41) is 9.88. The first-order chi connectivity index (χ1) is 13.8. The Kier molecular flexibility index (Phi) is 5.12. The van der Waals surface area contributed by atoms with E-state index >= 15 is 4.39 Å². The first kappa shape index (κ1) is 19.9. The van der Waals surface area contributed by atoms with Gasteiger partial charge < -0.3 is 19.5 Å². The Morgan fingerprint density at radius 2 is 1.93 bits per heavy atom. The molecule has 2 aromatic rings. The second-order valence-electron chi connectivity index (χ2n) is 7.72. The summed E-state index contributed by atoms with van der Waals surface area (Å²) >= 11 is 6.57. The van der Waals surface area contributed by atoms with Gasteiger partial charge in [-0.2, -0.15) is 0 Å². The molecule has 1 saturated carbocycles. The number of carboxylic acid groups (broad SMARTS) is 1. The highest BCUT2D eigenvalue weighted by Gasteiger charge is 2.31. The summed E-state index contributed by atoms with van der Waals surface area (Å²) in [6.07, 6.45) is 4.83. The van der Waals surface area contributed by atoms with Crippen molar-refractivity contribution in [1.29, 1.82) is 0 Å². The van der Waals surface area contributed by atoms with Gasteiger partial charge in [-0.25, -0.2) is 9.18 Å². The van der Waals surface area contributed by atoms with Crippen LogP contribution in [0.4, 0.5) is 10.1 Å². The van der Waals surface area contributed by atoms with Gasteiger partial charge in [-0.3, -0.25) is 4.79 Å². The number of carboxylic acids is 1. The van der Waals surface area contributed by atoms with Crippen LogP contribution in [0.25, 0.3) is 15.9 Å². The van der Waals surface area contributed by atoms with Crippen molar-refractivity contribution >= 4 is 39.2 Å². The van der Waals surface area contributed by atoms with Gasteiger partial charge in [0.2, 0.25) is 5.43 Å². The van der Waals surface area contributed by atoms with Crippen LogP contribution in [0.5, 0.6) is 0 Å². The van der Waals surface area contributed by atoms with Crippen molar-refractivity contribution in [2.75, 3.05) is 38.1 Å². The average molecular weight is 420 g/mol. The van der Waals surface area contributed by atoms with E-state index in [9.17, 15) is 14.7 Å². The number of carbonyl (C=O) groups is 1. The van der Waals surface area contributed by atoms with Crippen molar-refractivity contribution in [3.8, 4) is 0 Å². The molecule has 154 valence electrons. The maximum Gasteiger partial charge on any atom is 0.341 e. The smallest absolute Gasteiger partial charge is 0.341 e. The molecule has 0 amide bonds. The van der Waals surface area contributed by atoms with Crippen LogP contribution in [0.15, 0.2) is 23.1 Å². The molecule has 2 fully saturated rings. The van der Waals surface area contributed by atoms with Crippen LogP contribution in [0, 0.1) is 5.82 Å². The van der Waals surface area contributed by atoms with Gasteiger partial charge in [0.15, 0.2) is 0 Å². The minimum atomic E-state index is -1.31. The van der Waals surface area contributed by atoms with Gasteiger partial charge in [0.1, 0.15) is 11.4 Å². The molecule has 0 bridgehead atoms. The zero-order valence-corrected chi connectivity index (χ0v) is 17.2. The number of pyridine rings is 1. The quantitative estimate of drug-likeness (QED) is 0.821. The Labute approximate surface area is 172 Å². The van der Waals surface area contributed by atoms with E-state index in [1.807, 2.05) is 11.9 Å². The van der Waals surface area contributed by atoms with Gasteiger partial charge in [-0.15, -0.1) is 0 Å². The normalized spacial score (nSPS) is 18.5. The topological polar surface area (TPSA) is 65.8 Å². The highest BCUT2D eigenvalue weighted by atomic mass is 35.5. The molecule has 1 aliphatic carbocycles. The first-order valence-corrected chi connectivity index (χ1v) is 10.1. The molecule has 1 aromatic carbocycles. The minimum absolute atomic E-state index is 0.0576. The number of fused-ring (bicyclic) bond motifs is 1. The number of aromatic carboxylic acids is 1. The summed E-state index contributed by atoms with van der Waals surface area (Å²) in [6.45, 7) is 4.62. The van der Waals surface area contributed by atoms with E-state index in [0.29, 0.717) is 34.9 Å². The molecule has 0 radical (unpaired) electrons. The lowest BCUT2D eigenvalue weighted by Crippen LogP contribution is -2.45. The number of allylic oxidation sites excluding steroid dienone is 1. The number of likely N-dealkylation sites (N-methyl/N-ethyl adjacent to an activating group) is 1. The van der Waals surface area contributed by atoms with E-state index in [1.165, 1.54) is 12.3 Å². The minimum Gasteiger partial charge on any atom is -0.477 e. The van der Waals surface area contributed by atoms with Gasteiger partial charge in [0.05, 0.1) is 16.6 Å². The van der Waals surface area contributed by atoms with Crippen molar-refractivity contribution < 1.29 is 14.3 Å². The number of piperazine rings is 1. The Hall–Kier alpha value is -2.38. The van der Waals surface area contributed by atoms with Crippen molar-refractivity contribution in [3.05, 3.63) is 45.5 Å². The van der Waals surface area contributed by atoms with Crippen molar-refractivity contribution in [2.45, 2.75) is 25.8 Å². The molecular formula is C21H23ClFN3O3. The molecule has 1 aromatic heterocycles. The van der Waals surface area contributed by atoms with Crippen LogP contribution in [-0.2, 0) is 0 Å². The zero-order chi connectivity index (χ0) is 20.9. The Balaban J connectivity index is 2.09. The van der Waals surface area contributed by atoms with Crippen molar-refractivity contribution in [2.24, 2.45) is 0 Å². The maximum atomic E-state index is 15.4. The van der Waals surface area contributed by atoms with Crippen LogP contribution >= 0.6 is 11.6 Å². The third-order valence-electron chi connectivity index (χ3n) is 5.72. The Morgan fingerprint density at radius 3 is 2.48 bits per heavy atom. The SMILES string of the molecule is CC=C(Cl)c1c(N2CCN(C)CC2)c(F)cc2c(=O)c(C(=O)O)cn(C3CC3)c12. The van der Waals surface area contributed by atoms with Crippen LogP contribution in [0.3, 0.4) is 0 Å². The monoisotopic (exact) mass is 419 g/mol. The van der Waals surface area contributed by atoms with E-state index < -0.39 is 17.2 Å². The molecular weight excluding hydrogens is 397 g/mol. The number of hydrogen-bond acceptors (Lipinski definition) is 4. The number of benzene rings is 1. The molecule has 6 nitrogen and oxygen atoms in total. The molecule has 0 spiro atoms. The predicted octanol–water partition coefficient (Wildman–Crippen LogP) is 3.53. The predicted molar refractivity (Wildman–Crippen MR) is 113 cm³/mol. The molecule has 29 heavy (non-hydrogen) atoms. The fourth-order valence-electron chi connectivity index (χ4n) is 3.98. The molecule has 8 heteroatoms. The Bertz CT molecular complexity index is 1080. The van der Waals surface area contributed by atoms with E-state index in [-0.39, 0.29) is 17.0 Å². The summed E-state index contributed by atoms with van der Waals surface area (Å²) in [4.78, 5) is 28.6. The lowest BCUT2D eigenvalue weighted by molar-refractivity contribution is 0.0695. The summed E-state index contributed by atoms with van der Waals surface area (Å²) < 4.78 is 17.2. The van der Waals surface area contributed by atoms with Gasteiger partial charge >= 0.3 is 5.97 Å². The van der Waals surface area contributed by atoms with Gasteiger partial charge in [-0.05, 0) is 32.9 Å². The number of anilines is 1. The highest BCUT2D eigenvalue weighted by molar-refractivity contribution is 6.50. The van der Waals surface area contributed by atoms with Crippen molar-refractivity contribution in [1.82, 2.24) is 9.47 Å². The third-order valence-corrected chi connectivity index (χ3v) is 6.13. The van der Waals surface area contributed by atoms with Crippen LogP contribution < -0.4 is 10.3 Å². The standard InChI is InChI=1S/C21H23ClFN3O3/c1-3-15(22)17-18-13(10-16(23)19(17)25-8-6-24(2)7-9-25)20(27)14(21(28)29)11-26(18)12-4-5-12/h3,10-12H,4-9H2,1-2H3,(H,28,29). The largest absolute Gasteiger partial charge is 0.477 e. The number of halogens is 2. The van der Waals surface area contributed by atoms with Crippen LogP contribution in [0.2, 0.25) is 0 Å². The van der Waals surface area contributed by atoms with E-state index in [1.54, 1.807) is 17.6 Å². The second kappa shape index (κ2) is 7.46. The lowest BCUT2D eigenvalue weighted by atomic mass is 10.0. The fraction of sp³-hybridized carbons (Fsp3) is 0.429. The number of rotatable bonds is 4. The highest BCUT2D eigenvalue weighted by Crippen LogP contribution is 2.43. The molecule has 2 heterocycles. The fourth-order valence-corrected chi connectivity index (χ4v) is 4.16. The third kappa shape index (κ3) is 3.42. The van der Waals surface area contributed by atoms with E-state index in [2.05, 4.69) is 4.90 Å². The summed E-state index contributed by atoms with van der Waals surface area (Å²) in [7, 11) is 2.02. The van der Waals surface area contributed by atoms with Gasteiger partial charge in [0.25, 0.3) is 0 Å². The van der Waals surface area contributed by atoms with Crippen LogP contribution in [-0.4, -0.2) is 53.8 Å². The number of nitrogens with zero attached hydrogens (tertiary/aromatic N) is 3. The zero-order valence-electron chi connectivity index (χ0n) is 16.4. The number of aromatic nitrogens is 1. The summed E-state index contributed by atoms with van der Waals surface area (Å²) in [5.74, 6) is -1.87. The molecule has 1 saturated heterocycles. The van der Waals surface area contributed by atoms with Crippen LogP contribution in [0.1, 0.15) is 41.7 Å². The van der Waals surface area contributed by atoms with Gasteiger partial charge in [-0.1, -0.05) is 17.7 Å². The molecule has 2 aliphatic rings. The molecule has 0 atom stereocenters. The average Bonchev–Trinajstić information content (AvgIpc) is 3.53. The van der Waals surface area contributed by atoms with Crippen molar-refractivity contribution in [3.63, 3.8) is 0 Å². The lowest BCUT2D eigenvalue weighted by Gasteiger charge is -2.35. The second-order valence-corrected chi connectivity index (χ2v) is 8.13. The molecule has 4 rings (SSSR count). The maximum absolute atomic E-state index is 15.4. The first-order valence-electron chi connectivity index (χ1n) is 9.73. The van der Waals surface area contributed by atoms with E-state index in [0.717, 1.165) is 25.9 Å². The molecule has 0 unspecified atom stereocenters. The molecule has 1 N–H and O–H groups in total. The van der Waals surface area contributed by atoms with E-state index in [4.69, 9.17) is 11.6 Å². The van der Waals surface area contributed by atoms with Gasteiger partial charge in [0, 0.05) is 49.0 Å². The summed E-state index contributed by atoms with van der Waals surface area (Å²) in [6, 6.07) is 1.27. The Morgan fingerprint density at radius 1 is 1.28 bits per heavy atom.